The molecule has 0 amide bonds. The third-order valence-electron chi connectivity index (χ3n) is 6.39. The zero-order valence-corrected chi connectivity index (χ0v) is 14.5. The van der Waals surface area contributed by atoms with E-state index in [1.54, 1.807) is 0 Å². The summed E-state index contributed by atoms with van der Waals surface area (Å²) in [6.45, 7) is 12.1. The van der Waals surface area contributed by atoms with Crippen molar-refractivity contribution in [1.29, 1.82) is 0 Å². The lowest BCUT2D eigenvalue weighted by molar-refractivity contribution is 0.212. The molecule has 2 rings (SSSR count). The van der Waals surface area contributed by atoms with Crippen molar-refractivity contribution < 1.29 is 0 Å². The summed E-state index contributed by atoms with van der Waals surface area (Å²) in [5, 5.41) is 4.04. The van der Waals surface area contributed by atoms with Gasteiger partial charge in [-0.15, -0.1) is 0 Å². The van der Waals surface area contributed by atoms with Crippen molar-refractivity contribution in [1.82, 2.24) is 5.32 Å². The Hall–Kier alpha value is -0.0400. The van der Waals surface area contributed by atoms with E-state index < -0.39 is 0 Å². The lowest BCUT2D eigenvalue weighted by Crippen LogP contribution is -2.40. The fourth-order valence-electron chi connectivity index (χ4n) is 4.70. The maximum Gasteiger partial charge on any atom is 0.00980 e. The molecule has 0 saturated heterocycles. The third kappa shape index (κ3) is 4.00. The molecule has 2 saturated carbocycles. The largest absolute Gasteiger partial charge is 0.311 e. The standard InChI is InChI=1S/C19H37N/c1-6-15-10-13-18(14(15)2)20-17-9-7-8-16(11-12-17)19(3,4)5/h14-18,20H,6-13H2,1-5H3. The normalized spacial score (nSPS) is 39.8. The molecule has 1 N–H and O–H groups in total. The van der Waals surface area contributed by atoms with Crippen LogP contribution in [0.1, 0.15) is 86.0 Å². The molecule has 20 heavy (non-hydrogen) atoms. The average Bonchev–Trinajstić information content (AvgIpc) is 2.60. The second kappa shape index (κ2) is 6.81. The van der Waals surface area contributed by atoms with Gasteiger partial charge in [-0.05, 0) is 61.7 Å². The maximum atomic E-state index is 4.04. The van der Waals surface area contributed by atoms with Gasteiger partial charge in [0.15, 0.2) is 0 Å². The van der Waals surface area contributed by atoms with Gasteiger partial charge in [-0.25, -0.2) is 0 Å². The molecule has 0 spiro atoms. The number of rotatable bonds is 3. The van der Waals surface area contributed by atoms with E-state index >= 15 is 0 Å². The van der Waals surface area contributed by atoms with Gasteiger partial charge < -0.3 is 5.32 Å². The Morgan fingerprint density at radius 3 is 2.30 bits per heavy atom. The number of nitrogens with one attached hydrogen (secondary N) is 1. The van der Waals surface area contributed by atoms with E-state index in [0.29, 0.717) is 5.41 Å². The molecule has 5 unspecified atom stereocenters. The van der Waals surface area contributed by atoms with Gasteiger partial charge >= 0.3 is 0 Å². The highest BCUT2D eigenvalue weighted by Gasteiger charge is 2.34. The van der Waals surface area contributed by atoms with Crippen LogP contribution in [0.4, 0.5) is 0 Å². The van der Waals surface area contributed by atoms with Crippen molar-refractivity contribution in [2.45, 2.75) is 98.1 Å². The topological polar surface area (TPSA) is 12.0 Å². The summed E-state index contributed by atoms with van der Waals surface area (Å²) in [5.41, 5.74) is 0.503. The minimum atomic E-state index is 0.503. The molecule has 0 radical (unpaired) electrons. The first-order valence-corrected chi connectivity index (χ1v) is 9.17. The predicted molar refractivity (Wildman–Crippen MR) is 88.9 cm³/mol. The van der Waals surface area contributed by atoms with E-state index in [1.807, 2.05) is 0 Å². The van der Waals surface area contributed by atoms with E-state index in [9.17, 15) is 0 Å². The van der Waals surface area contributed by atoms with Crippen LogP contribution >= 0.6 is 0 Å². The van der Waals surface area contributed by atoms with Crippen LogP contribution in [0.15, 0.2) is 0 Å². The van der Waals surface area contributed by atoms with Crippen LogP contribution in [-0.2, 0) is 0 Å². The Kier molecular flexibility index (Phi) is 5.56. The summed E-state index contributed by atoms with van der Waals surface area (Å²) in [7, 11) is 0. The van der Waals surface area contributed by atoms with E-state index in [4.69, 9.17) is 0 Å². The second-order valence-electron chi connectivity index (χ2n) is 8.65. The number of hydrogen-bond acceptors (Lipinski definition) is 1. The summed E-state index contributed by atoms with van der Waals surface area (Å²) in [4.78, 5) is 0. The lowest BCUT2D eigenvalue weighted by atomic mass is 9.76. The molecule has 5 atom stereocenters. The van der Waals surface area contributed by atoms with Crippen LogP contribution in [0.2, 0.25) is 0 Å². The molecule has 1 heteroatoms. The number of hydrogen-bond donors (Lipinski definition) is 1. The average molecular weight is 280 g/mol. The molecule has 0 aliphatic heterocycles. The Labute approximate surface area is 127 Å². The van der Waals surface area contributed by atoms with Gasteiger partial charge in [0.25, 0.3) is 0 Å². The van der Waals surface area contributed by atoms with E-state index in [-0.39, 0.29) is 0 Å². The predicted octanol–water partition coefficient (Wildman–Crippen LogP) is 5.40. The Morgan fingerprint density at radius 2 is 1.70 bits per heavy atom. The molecular weight excluding hydrogens is 242 g/mol. The van der Waals surface area contributed by atoms with Crippen LogP contribution < -0.4 is 5.32 Å². The fraction of sp³-hybridized carbons (Fsp3) is 1.00. The smallest absolute Gasteiger partial charge is 0.00980 e. The Bertz CT molecular complexity index is 291. The second-order valence-corrected chi connectivity index (χ2v) is 8.65. The zero-order chi connectivity index (χ0) is 14.8. The molecule has 118 valence electrons. The zero-order valence-electron chi connectivity index (χ0n) is 14.5. The molecule has 0 aromatic rings. The SMILES string of the molecule is CCC1CCC(NC2CCCC(C(C)(C)C)CC2)C1C. The van der Waals surface area contributed by atoms with E-state index in [1.165, 1.54) is 51.4 Å². The lowest BCUT2D eigenvalue weighted by Gasteiger charge is -2.30. The van der Waals surface area contributed by atoms with Crippen molar-refractivity contribution in [3.8, 4) is 0 Å². The van der Waals surface area contributed by atoms with Gasteiger partial charge in [-0.2, -0.15) is 0 Å². The molecule has 0 heterocycles. The summed E-state index contributed by atoms with van der Waals surface area (Å²) in [6.07, 6.45) is 11.4. The minimum absolute atomic E-state index is 0.503. The molecule has 2 aliphatic rings. The molecule has 0 aromatic heterocycles. The molecule has 2 aliphatic carbocycles. The molecular formula is C19H37N. The van der Waals surface area contributed by atoms with Crippen molar-refractivity contribution in [2.24, 2.45) is 23.2 Å². The first-order valence-electron chi connectivity index (χ1n) is 9.17. The fourth-order valence-corrected chi connectivity index (χ4v) is 4.70. The Balaban J connectivity index is 1.83. The quantitative estimate of drug-likeness (QED) is 0.682. The van der Waals surface area contributed by atoms with Gasteiger partial charge in [-0.1, -0.05) is 47.5 Å². The van der Waals surface area contributed by atoms with Crippen LogP contribution in [0.3, 0.4) is 0 Å². The Morgan fingerprint density at radius 1 is 0.950 bits per heavy atom. The summed E-state index contributed by atoms with van der Waals surface area (Å²) in [6, 6.07) is 1.60. The first-order chi connectivity index (χ1) is 9.41. The monoisotopic (exact) mass is 279 g/mol. The molecule has 2 fully saturated rings. The van der Waals surface area contributed by atoms with E-state index in [0.717, 1.165) is 29.8 Å². The first kappa shape index (κ1) is 16.3. The van der Waals surface area contributed by atoms with Gasteiger partial charge in [0.1, 0.15) is 0 Å². The molecule has 0 aromatic carbocycles. The van der Waals surface area contributed by atoms with Gasteiger partial charge in [0, 0.05) is 12.1 Å². The van der Waals surface area contributed by atoms with Crippen molar-refractivity contribution >= 4 is 0 Å². The summed E-state index contributed by atoms with van der Waals surface area (Å²) >= 11 is 0. The third-order valence-corrected chi connectivity index (χ3v) is 6.39. The van der Waals surface area contributed by atoms with Crippen molar-refractivity contribution in [3.05, 3.63) is 0 Å². The molecule has 0 bridgehead atoms. The van der Waals surface area contributed by atoms with Crippen molar-refractivity contribution in [2.75, 3.05) is 0 Å². The highest BCUT2D eigenvalue weighted by molar-refractivity contribution is 4.90. The van der Waals surface area contributed by atoms with Crippen LogP contribution in [0, 0.1) is 23.2 Å². The van der Waals surface area contributed by atoms with Crippen LogP contribution in [0.5, 0.6) is 0 Å². The van der Waals surface area contributed by atoms with E-state index in [2.05, 4.69) is 39.9 Å². The summed E-state index contributed by atoms with van der Waals surface area (Å²) < 4.78 is 0. The van der Waals surface area contributed by atoms with Gasteiger partial charge in [0.05, 0.1) is 0 Å². The molecule has 1 nitrogen and oxygen atoms in total. The van der Waals surface area contributed by atoms with Gasteiger partial charge in [0.2, 0.25) is 0 Å². The van der Waals surface area contributed by atoms with Crippen molar-refractivity contribution in [3.63, 3.8) is 0 Å². The maximum absolute atomic E-state index is 4.04. The minimum Gasteiger partial charge on any atom is -0.311 e. The van der Waals surface area contributed by atoms with Crippen LogP contribution in [-0.4, -0.2) is 12.1 Å². The van der Waals surface area contributed by atoms with Gasteiger partial charge in [-0.3, -0.25) is 0 Å². The van der Waals surface area contributed by atoms with Crippen LogP contribution in [0.25, 0.3) is 0 Å². The summed E-state index contributed by atoms with van der Waals surface area (Å²) in [5.74, 6) is 2.79. The highest BCUT2D eigenvalue weighted by atomic mass is 15.0. The highest BCUT2D eigenvalue weighted by Crippen LogP contribution is 2.38.